The number of benzene rings is 2. The highest BCUT2D eigenvalue weighted by atomic mass is 35.5. The summed E-state index contributed by atoms with van der Waals surface area (Å²) in [6.07, 6.45) is 0. The predicted octanol–water partition coefficient (Wildman–Crippen LogP) is 5.08. The molecular formula is C15H11ClN2O2S. The SMILES string of the molecule is O=[N+]([O-])c1ccc(NCc2csc3ccccc23)cc1Cl. The maximum absolute atomic E-state index is 10.7. The quantitative estimate of drug-likeness (QED) is 0.539. The average Bonchev–Trinajstić information content (AvgIpc) is 2.88. The number of thiophene rings is 1. The average molecular weight is 319 g/mol. The van der Waals surface area contributed by atoms with Gasteiger partial charge in [-0.05, 0) is 34.5 Å². The van der Waals surface area contributed by atoms with Crippen molar-refractivity contribution in [2.45, 2.75) is 6.54 Å². The van der Waals surface area contributed by atoms with E-state index in [1.807, 2.05) is 12.1 Å². The van der Waals surface area contributed by atoms with Crippen LogP contribution in [-0.4, -0.2) is 4.92 Å². The Labute approximate surface area is 130 Å². The van der Waals surface area contributed by atoms with Gasteiger partial charge in [-0.1, -0.05) is 29.8 Å². The fourth-order valence-corrected chi connectivity index (χ4v) is 3.34. The van der Waals surface area contributed by atoms with Gasteiger partial charge in [-0.3, -0.25) is 10.1 Å². The molecule has 3 rings (SSSR count). The van der Waals surface area contributed by atoms with Crippen LogP contribution in [-0.2, 0) is 6.54 Å². The van der Waals surface area contributed by atoms with E-state index in [2.05, 4.69) is 22.8 Å². The number of nitro benzene ring substituents is 1. The van der Waals surface area contributed by atoms with Gasteiger partial charge in [0.2, 0.25) is 0 Å². The molecule has 1 N–H and O–H groups in total. The third kappa shape index (κ3) is 2.84. The molecule has 0 saturated heterocycles. The van der Waals surface area contributed by atoms with Gasteiger partial charge >= 0.3 is 0 Å². The van der Waals surface area contributed by atoms with E-state index >= 15 is 0 Å². The second kappa shape index (κ2) is 5.71. The second-order valence-corrected chi connectivity index (χ2v) is 5.85. The molecule has 0 bridgehead atoms. The summed E-state index contributed by atoms with van der Waals surface area (Å²) >= 11 is 7.60. The number of nitrogens with one attached hydrogen (secondary N) is 1. The molecule has 0 fully saturated rings. The highest BCUT2D eigenvalue weighted by Crippen LogP contribution is 2.29. The molecule has 0 aliphatic carbocycles. The minimum atomic E-state index is -0.488. The van der Waals surface area contributed by atoms with E-state index in [4.69, 9.17) is 11.6 Å². The minimum Gasteiger partial charge on any atom is -0.381 e. The molecule has 1 heterocycles. The highest BCUT2D eigenvalue weighted by molar-refractivity contribution is 7.17. The Morgan fingerprint density at radius 3 is 2.81 bits per heavy atom. The molecule has 1 aromatic heterocycles. The summed E-state index contributed by atoms with van der Waals surface area (Å²) in [6, 6.07) is 12.9. The van der Waals surface area contributed by atoms with Crippen LogP contribution in [0.1, 0.15) is 5.56 Å². The number of hydrogen-bond donors (Lipinski definition) is 1. The summed E-state index contributed by atoms with van der Waals surface area (Å²) < 4.78 is 1.25. The van der Waals surface area contributed by atoms with Crippen molar-refractivity contribution in [1.29, 1.82) is 0 Å². The Kier molecular flexibility index (Phi) is 3.77. The van der Waals surface area contributed by atoms with Gasteiger partial charge in [0, 0.05) is 23.0 Å². The molecule has 0 aliphatic heterocycles. The predicted molar refractivity (Wildman–Crippen MR) is 87.3 cm³/mol. The monoisotopic (exact) mass is 318 g/mol. The highest BCUT2D eigenvalue weighted by Gasteiger charge is 2.12. The van der Waals surface area contributed by atoms with Crippen LogP contribution in [0.4, 0.5) is 11.4 Å². The van der Waals surface area contributed by atoms with E-state index in [1.165, 1.54) is 21.7 Å². The lowest BCUT2D eigenvalue weighted by molar-refractivity contribution is -0.384. The molecule has 3 aromatic rings. The molecule has 21 heavy (non-hydrogen) atoms. The summed E-state index contributed by atoms with van der Waals surface area (Å²) in [7, 11) is 0. The van der Waals surface area contributed by atoms with Crippen LogP contribution >= 0.6 is 22.9 Å². The first kappa shape index (κ1) is 13.9. The zero-order chi connectivity index (χ0) is 14.8. The van der Waals surface area contributed by atoms with Crippen LogP contribution in [0.2, 0.25) is 5.02 Å². The van der Waals surface area contributed by atoms with Crippen LogP contribution in [0.3, 0.4) is 0 Å². The van der Waals surface area contributed by atoms with Crippen molar-refractivity contribution >= 4 is 44.4 Å². The second-order valence-electron chi connectivity index (χ2n) is 4.53. The molecule has 0 aliphatic rings. The standard InChI is InChI=1S/C15H11ClN2O2S/c16-13-7-11(5-6-14(13)18(19)20)17-8-10-9-21-15-4-2-1-3-12(10)15/h1-7,9,17H,8H2. The summed E-state index contributed by atoms with van der Waals surface area (Å²) in [5.41, 5.74) is 1.88. The van der Waals surface area contributed by atoms with Crippen molar-refractivity contribution in [2.24, 2.45) is 0 Å². The van der Waals surface area contributed by atoms with Gasteiger partial charge in [-0.25, -0.2) is 0 Å². The third-order valence-electron chi connectivity index (χ3n) is 3.19. The van der Waals surface area contributed by atoms with Crippen LogP contribution in [0.25, 0.3) is 10.1 Å². The Hall–Kier alpha value is -2.11. The topological polar surface area (TPSA) is 55.2 Å². The Balaban J connectivity index is 1.79. The van der Waals surface area contributed by atoms with E-state index < -0.39 is 4.92 Å². The number of nitro groups is 1. The zero-order valence-electron chi connectivity index (χ0n) is 10.9. The summed E-state index contributed by atoms with van der Waals surface area (Å²) in [6.45, 7) is 0.651. The molecule has 0 saturated carbocycles. The molecule has 2 aromatic carbocycles. The number of fused-ring (bicyclic) bond motifs is 1. The lowest BCUT2D eigenvalue weighted by Gasteiger charge is -2.06. The van der Waals surface area contributed by atoms with Gasteiger partial charge < -0.3 is 5.32 Å². The van der Waals surface area contributed by atoms with Crippen molar-refractivity contribution in [3.63, 3.8) is 0 Å². The van der Waals surface area contributed by atoms with Crippen molar-refractivity contribution in [3.05, 3.63) is 68.5 Å². The normalized spacial score (nSPS) is 10.7. The van der Waals surface area contributed by atoms with E-state index in [0.717, 1.165) is 5.69 Å². The van der Waals surface area contributed by atoms with Crippen LogP contribution < -0.4 is 5.32 Å². The van der Waals surface area contributed by atoms with Gasteiger partial charge in [0.15, 0.2) is 0 Å². The zero-order valence-corrected chi connectivity index (χ0v) is 12.4. The van der Waals surface area contributed by atoms with Crippen molar-refractivity contribution in [2.75, 3.05) is 5.32 Å². The molecule has 0 spiro atoms. The van der Waals surface area contributed by atoms with Gasteiger partial charge in [0.05, 0.1) is 4.92 Å². The molecule has 0 radical (unpaired) electrons. The van der Waals surface area contributed by atoms with Crippen LogP contribution in [0, 0.1) is 10.1 Å². The van der Waals surface area contributed by atoms with Gasteiger partial charge in [0.1, 0.15) is 5.02 Å². The Bertz CT molecular complexity index is 816. The fourth-order valence-electron chi connectivity index (χ4n) is 2.13. The molecule has 6 heteroatoms. The van der Waals surface area contributed by atoms with Crippen molar-refractivity contribution < 1.29 is 4.92 Å². The lowest BCUT2D eigenvalue weighted by Crippen LogP contribution is -1.99. The number of anilines is 1. The summed E-state index contributed by atoms with van der Waals surface area (Å²) in [5.74, 6) is 0. The minimum absolute atomic E-state index is 0.0804. The third-order valence-corrected chi connectivity index (χ3v) is 4.50. The molecule has 0 atom stereocenters. The summed E-state index contributed by atoms with van der Waals surface area (Å²) in [4.78, 5) is 10.2. The van der Waals surface area contributed by atoms with Crippen molar-refractivity contribution in [1.82, 2.24) is 0 Å². The van der Waals surface area contributed by atoms with E-state index in [0.29, 0.717) is 6.54 Å². The maximum atomic E-state index is 10.7. The van der Waals surface area contributed by atoms with Crippen molar-refractivity contribution in [3.8, 4) is 0 Å². The molecule has 0 unspecified atom stereocenters. The van der Waals surface area contributed by atoms with Crippen LogP contribution in [0.15, 0.2) is 47.8 Å². The van der Waals surface area contributed by atoms with Crippen LogP contribution in [0.5, 0.6) is 0 Å². The van der Waals surface area contributed by atoms with E-state index in [9.17, 15) is 10.1 Å². The van der Waals surface area contributed by atoms with Gasteiger partial charge in [-0.2, -0.15) is 0 Å². The largest absolute Gasteiger partial charge is 0.381 e. The van der Waals surface area contributed by atoms with E-state index in [-0.39, 0.29) is 10.7 Å². The number of rotatable bonds is 4. The smallest absolute Gasteiger partial charge is 0.288 e. The lowest BCUT2D eigenvalue weighted by atomic mass is 10.2. The Morgan fingerprint density at radius 1 is 1.24 bits per heavy atom. The molecule has 0 amide bonds. The molecular weight excluding hydrogens is 308 g/mol. The summed E-state index contributed by atoms with van der Waals surface area (Å²) in [5, 5.41) is 17.5. The number of hydrogen-bond acceptors (Lipinski definition) is 4. The van der Waals surface area contributed by atoms with Gasteiger partial charge in [-0.15, -0.1) is 11.3 Å². The number of halogens is 1. The van der Waals surface area contributed by atoms with E-state index in [1.54, 1.807) is 23.5 Å². The van der Waals surface area contributed by atoms with Gasteiger partial charge in [0.25, 0.3) is 5.69 Å². The molecule has 106 valence electrons. The molecule has 4 nitrogen and oxygen atoms in total. The fraction of sp³-hybridized carbons (Fsp3) is 0.0667. The number of nitrogens with zero attached hydrogens (tertiary/aromatic N) is 1. The first-order valence-corrected chi connectivity index (χ1v) is 7.54. The first-order chi connectivity index (χ1) is 10.1. The first-order valence-electron chi connectivity index (χ1n) is 6.28. The Morgan fingerprint density at radius 2 is 2.05 bits per heavy atom. The maximum Gasteiger partial charge on any atom is 0.288 e.